The molecule has 158 valence electrons. The lowest BCUT2D eigenvalue weighted by Gasteiger charge is -2.48. The second-order valence-electron chi connectivity index (χ2n) is 8.19. The molecule has 0 saturated heterocycles. The van der Waals surface area contributed by atoms with E-state index in [2.05, 4.69) is 0 Å². The van der Waals surface area contributed by atoms with E-state index in [1.165, 1.54) is 0 Å². The van der Waals surface area contributed by atoms with Crippen molar-refractivity contribution in [3.8, 4) is 5.75 Å². The van der Waals surface area contributed by atoms with Gasteiger partial charge < -0.3 is 9.84 Å². The monoisotopic (exact) mass is 422 g/mol. The molecule has 2 atom stereocenters. The predicted octanol–water partition coefficient (Wildman–Crippen LogP) is 5.64. The van der Waals surface area contributed by atoms with Crippen LogP contribution in [0.15, 0.2) is 103 Å². The van der Waals surface area contributed by atoms with Crippen LogP contribution in [0.2, 0.25) is 0 Å². The van der Waals surface area contributed by atoms with Gasteiger partial charge in [0.25, 0.3) is 0 Å². The quantitative estimate of drug-likeness (QED) is 0.334. The molecule has 5 rings (SSSR count). The highest BCUT2D eigenvalue weighted by molar-refractivity contribution is 5.87. The predicted molar refractivity (Wildman–Crippen MR) is 123 cm³/mol. The van der Waals surface area contributed by atoms with Crippen LogP contribution in [-0.4, -0.2) is 17.0 Å². The molecule has 0 radical (unpaired) electrons. The third-order valence-electron chi connectivity index (χ3n) is 6.41. The molecule has 1 aliphatic carbocycles. The van der Waals surface area contributed by atoms with E-state index in [9.17, 15) is 14.7 Å². The molecule has 0 amide bonds. The highest BCUT2D eigenvalue weighted by Crippen LogP contribution is 2.58. The summed E-state index contributed by atoms with van der Waals surface area (Å²) in [6.45, 7) is 0. The van der Waals surface area contributed by atoms with Gasteiger partial charge in [0.05, 0.1) is 11.8 Å². The lowest BCUT2D eigenvalue weighted by atomic mass is 9.52. The van der Waals surface area contributed by atoms with Crippen LogP contribution in [0.5, 0.6) is 5.75 Å². The van der Waals surface area contributed by atoms with Crippen LogP contribution in [-0.2, 0) is 9.59 Å². The molecule has 4 aromatic carbocycles. The van der Waals surface area contributed by atoms with Gasteiger partial charge in [-0.1, -0.05) is 91.0 Å². The van der Waals surface area contributed by atoms with Crippen molar-refractivity contribution in [3.05, 3.63) is 114 Å². The standard InChI is InChI=1S/C28H22O4/c29-27(30)25-23(19-10-3-1-4-11-19)26(24(25)20-12-5-2-6-13-20)28(31)32-22-16-15-18-9-7-8-14-21(18)17-22/h1-17,23-26H,(H,29,30)/t23-,24-,25-,26-/m0/s1. The number of rotatable bonds is 5. The van der Waals surface area contributed by atoms with E-state index in [4.69, 9.17) is 4.74 Å². The van der Waals surface area contributed by atoms with Crippen molar-refractivity contribution < 1.29 is 19.4 Å². The number of ether oxygens (including phenoxy) is 1. The summed E-state index contributed by atoms with van der Waals surface area (Å²) in [5.74, 6) is -3.03. The number of hydrogen-bond donors (Lipinski definition) is 1. The molecular formula is C28H22O4. The van der Waals surface area contributed by atoms with Crippen molar-refractivity contribution >= 4 is 22.7 Å². The number of carboxylic acids is 1. The van der Waals surface area contributed by atoms with Crippen molar-refractivity contribution in [2.75, 3.05) is 0 Å². The molecule has 0 aliphatic heterocycles. The second kappa shape index (κ2) is 8.31. The fourth-order valence-corrected chi connectivity index (χ4v) is 4.94. The van der Waals surface area contributed by atoms with Gasteiger partial charge in [0, 0.05) is 11.8 Å². The van der Waals surface area contributed by atoms with Crippen LogP contribution in [0.1, 0.15) is 23.0 Å². The van der Waals surface area contributed by atoms with Gasteiger partial charge in [0.15, 0.2) is 0 Å². The highest BCUT2D eigenvalue weighted by atomic mass is 16.5. The summed E-state index contributed by atoms with van der Waals surface area (Å²) >= 11 is 0. The van der Waals surface area contributed by atoms with Crippen LogP contribution in [0.3, 0.4) is 0 Å². The Morgan fingerprint density at radius 3 is 1.72 bits per heavy atom. The summed E-state index contributed by atoms with van der Waals surface area (Å²) in [6.07, 6.45) is 0. The molecule has 4 heteroatoms. The maximum Gasteiger partial charge on any atom is 0.315 e. The minimum absolute atomic E-state index is 0.402. The fraction of sp³-hybridized carbons (Fsp3) is 0.143. The first kappa shape index (κ1) is 20.0. The van der Waals surface area contributed by atoms with Crippen LogP contribution in [0.4, 0.5) is 0 Å². The molecule has 4 nitrogen and oxygen atoms in total. The highest BCUT2D eigenvalue weighted by Gasteiger charge is 2.59. The van der Waals surface area contributed by atoms with Crippen molar-refractivity contribution in [1.29, 1.82) is 0 Å². The smallest absolute Gasteiger partial charge is 0.315 e. The number of carbonyl (C=O) groups excluding carboxylic acids is 1. The van der Waals surface area contributed by atoms with Gasteiger partial charge >= 0.3 is 11.9 Å². The molecule has 0 bridgehead atoms. The maximum absolute atomic E-state index is 13.5. The summed E-state index contributed by atoms with van der Waals surface area (Å²) in [5, 5.41) is 12.1. The van der Waals surface area contributed by atoms with Gasteiger partial charge in [-0.05, 0) is 34.0 Å². The maximum atomic E-state index is 13.5. The molecule has 1 fully saturated rings. The van der Waals surface area contributed by atoms with Crippen LogP contribution in [0, 0.1) is 11.8 Å². The Hall–Kier alpha value is -3.92. The largest absolute Gasteiger partial charge is 0.481 e. The minimum atomic E-state index is -0.900. The fourth-order valence-electron chi connectivity index (χ4n) is 4.94. The van der Waals surface area contributed by atoms with Gasteiger partial charge in [-0.25, -0.2) is 0 Å². The zero-order chi connectivity index (χ0) is 22.1. The molecular weight excluding hydrogens is 400 g/mol. The summed E-state index contributed by atoms with van der Waals surface area (Å²) in [4.78, 5) is 25.7. The van der Waals surface area contributed by atoms with Gasteiger partial charge in [-0.2, -0.15) is 0 Å². The Kier molecular flexibility index (Phi) is 5.20. The van der Waals surface area contributed by atoms with Gasteiger partial charge in [-0.15, -0.1) is 0 Å². The van der Waals surface area contributed by atoms with Crippen LogP contribution < -0.4 is 4.74 Å². The molecule has 32 heavy (non-hydrogen) atoms. The number of hydrogen-bond acceptors (Lipinski definition) is 3. The van der Waals surface area contributed by atoms with E-state index in [0.717, 1.165) is 21.9 Å². The van der Waals surface area contributed by atoms with E-state index in [1.54, 1.807) is 6.07 Å². The van der Waals surface area contributed by atoms with Crippen molar-refractivity contribution in [3.63, 3.8) is 0 Å². The minimum Gasteiger partial charge on any atom is -0.481 e. The van der Waals surface area contributed by atoms with Crippen molar-refractivity contribution in [1.82, 2.24) is 0 Å². The van der Waals surface area contributed by atoms with Crippen LogP contribution >= 0.6 is 0 Å². The molecule has 0 spiro atoms. The molecule has 0 aromatic heterocycles. The molecule has 1 aliphatic rings. The Labute approximate surface area is 186 Å². The molecule has 1 N–H and O–H groups in total. The zero-order valence-electron chi connectivity index (χ0n) is 17.3. The summed E-state index contributed by atoms with van der Waals surface area (Å²) in [7, 11) is 0. The Morgan fingerprint density at radius 2 is 1.16 bits per heavy atom. The first-order valence-corrected chi connectivity index (χ1v) is 10.7. The van der Waals surface area contributed by atoms with Crippen molar-refractivity contribution in [2.24, 2.45) is 11.8 Å². The number of carboxylic acid groups (broad SMARTS) is 1. The van der Waals surface area contributed by atoms with Crippen LogP contribution in [0.25, 0.3) is 10.8 Å². The normalized spacial score (nSPS) is 22.1. The first-order valence-electron chi connectivity index (χ1n) is 10.7. The number of esters is 1. The summed E-state index contributed by atoms with van der Waals surface area (Å²) in [5.41, 5.74) is 1.68. The number of benzene rings is 4. The SMILES string of the molecule is O=C(O)[C@H]1[C@H](c2ccccc2)[C@H](C(=O)Oc2ccc3ccccc3c2)[C@H]1c1ccccc1. The van der Waals surface area contributed by atoms with E-state index < -0.39 is 35.6 Å². The lowest BCUT2D eigenvalue weighted by molar-refractivity contribution is -0.158. The molecule has 0 heterocycles. The second-order valence-corrected chi connectivity index (χ2v) is 8.19. The van der Waals surface area contributed by atoms with Gasteiger partial charge in [0.1, 0.15) is 5.75 Å². The van der Waals surface area contributed by atoms with Gasteiger partial charge in [-0.3, -0.25) is 9.59 Å². The van der Waals surface area contributed by atoms with E-state index in [1.807, 2.05) is 97.1 Å². The average molecular weight is 422 g/mol. The van der Waals surface area contributed by atoms with E-state index in [0.29, 0.717) is 5.75 Å². The first-order chi connectivity index (χ1) is 15.6. The van der Waals surface area contributed by atoms with Crippen molar-refractivity contribution in [2.45, 2.75) is 11.8 Å². The number of aliphatic carboxylic acids is 1. The topological polar surface area (TPSA) is 63.6 Å². The Balaban J connectivity index is 1.52. The average Bonchev–Trinajstić information content (AvgIpc) is 2.79. The Bertz CT molecular complexity index is 1220. The van der Waals surface area contributed by atoms with Gasteiger partial charge in [0.2, 0.25) is 0 Å². The van der Waals surface area contributed by atoms with E-state index >= 15 is 0 Å². The zero-order valence-corrected chi connectivity index (χ0v) is 17.3. The summed E-state index contributed by atoms with van der Waals surface area (Å²) in [6, 6.07) is 32.2. The molecule has 1 saturated carbocycles. The number of carbonyl (C=O) groups is 2. The summed E-state index contributed by atoms with van der Waals surface area (Å²) < 4.78 is 5.83. The third kappa shape index (κ3) is 3.54. The van der Waals surface area contributed by atoms with E-state index in [-0.39, 0.29) is 0 Å². The third-order valence-corrected chi connectivity index (χ3v) is 6.41. The molecule has 4 aromatic rings. The molecule has 0 unspecified atom stereocenters. The lowest BCUT2D eigenvalue weighted by Crippen LogP contribution is -2.52. The Morgan fingerprint density at radius 1 is 0.625 bits per heavy atom. The number of fused-ring (bicyclic) bond motifs is 1.